The van der Waals surface area contributed by atoms with Gasteiger partial charge in [-0.25, -0.2) is 0 Å². The third kappa shape index (κ3) is 3.87. The number of para-hydroxylation sites is 2. The average Bonchev–Trinajstić information content (AvgIpc) is 2.74. The lowest BCUT2D eigenvalue weighted by molar-refractivity contribution is -0.384. The number of anilines is 1. The Hall–Kier alpha value is -4.08. The number of fused-ring (bicyclic) bond motifs is 2. The number of rotatable bonds is 4. The molecule has 3 aromatic rings. The molecule has 0 saturated heterocycles. The van der Waals surface area contributed by atoms with Crippen LogP contribution in [0.4, 0.5) is 24.5 Å². The molecule has 3 aromatic carbocycles. The van der Waals surface area contributed by atoms with Crippen molar-refractivity contribution in [2.24, 2.45) is 0 Å². The quantitative estimate of drug-likeness (QED) is 0.450. The zero-order valence-corrected chi connectivity index (χ0v) is 15.6. The van der Waals surface area contributed by atoms with Gasteiger partial charge in [-0.15, -0.1) is 0 Å². The minimum atomic E-state index is -4.73. The molecule has 0 aromatic heterocycles. The van der Waals surface area contributed by atoms with Gasteiger partial charge in [-0.05, 0) is 24.3 Å². The molecule has 0 radical (unpaired) electrons. The number of carbonyl (C=O) groups excluding carboxylic acids is 1. The number of nitro benzene ring substituents is 1. The summed E-state index contributed by atoms with van der Waals surface area (Å²) in [4.78, 5) is 23.3. The highest BCUT2D eigenvalue weighted by atomic mass is 19.4. The third-order valence-electron chi connectivity index (χ3n) is 4.78. The minimum Gasteiger partial charge on any atom is -0.457 e. The Morgan fingerprint density at radius 3 is 2.10 bits per heavy atom. The van der Waals surface area contributed by atoms with Crippen molar-refractivity contribution in [3.8, 4) is 11.5 Å². The van der Waals surface area contributed by atoms with Gasteiger partial charge in [-0.2, -0.15) is 13.2 Å². The standard InChI is InChI=1S/C21H14F3N3O4/c22-21(23,24)12-9-10-15(16(11-12)27(29)30)25-26-20(28)19-13-5-1-3-7-17(13)31-18-8-4-2-6-14(18)19/h1-11,19,25H,(H,26,28). The number of hydrogen-bond donors (Lipinski definition) is 2. The highest BCUT2D eigenvalue weighted by Crippen LogP contribution is 2.44. The van der Waals surface area contributed by atoms with E-state index in [2.05, 4.69) is 10.9 Å². The van der Waals surface area contributed by atoms with E-state index in [0.29, 0.717) is 34.8 Å². The maximum atomic E-state index is 13.0. The van der Waals surface area contributed by atoms with Crippen LogP contribution < -0.4 is 15.6 Å². The Balaban J connectivity index is 1.63. The van der Waals surface area contributed by atoms with Crippen molar-refractivity contribution in [3.63, 3.8) is 0 Å². The Kier molecular flexibility index (Phi) is 4.97. The summed E-state index contributed by atoms with van der Waals surface area (Å²) in [5.74, 6) is -0.372. The Bertz CT molecular complexity index is 1140. The van der Waals surface area contributed by atoms with Gasteiger partial charge in [0, 0.05) is 17.2 Å². The summed E-state index contributed by atoms with van der Waals surface area (Å²) in [5, 5.41) is 11.2. The van der Waals surface area contributed by atoms with Gasteiger partial charge in [0.25, 0.3) is 11.6 Å². The van der Waals surface area contributed by atoms with E-state index in [-0.39, 0.29) is 5.69 Å². The van der Waals surface area contributed by atoms with Crippen LogP contribution in [-0.4, -0.2) is 10.8 Å². The van der Waals surface area contributed by atoms with E-state index in [0.717, 1.165) is 6.07 Å². The number of nitrogens with zero attached hydrogens (tertiary/aromatic N) is 1. The maximum Gasteiger partial charge on any atom is 0.416 e. The fourth-order valence-corrected chi connectivity index (χ4v) is 3.36. The first-order valence-electron chi connectivity index (χ1n) is 9.03. The summed E-state index contributed by atoms with van der Waals surface area (Å²) >= 11 is 0. The average molecular weight is 429 g/mol. The Labute approximate surface area is 173 Å². The molecule has 1 heterocycles. The molecular formula is C21H14F3N3O4. The highest BCUT2D eigenvalue weighted by Gasteiger charge is 2.34. The zero-order valence-electron chi connectivity index (χ0n) is 15.6. The normalized spacial score (nSPS) is 12.9. The van der Waals surface area contributed by atoms with Crippen LogP contribution in [0.15, 0.2) is 66.7 Å². The van der Waals surface area contributed by atoms with Crippen LogP contribution in [0.25, 0.3) is 0 Å². The first kappa shape index (κ1) is 20.2. The van der Waals surface area contributed by atoms with Crippen LogP contribution in [0.5, 0.6) is 11.5 Å². The maximum absolute atomic E-state index is 13.0. The summed E-state index contributed by atoms with van der Waals surface area (Å²) in [6.45, 7) is 0. The number of nitro groups is 1. The predicted octanol–water partition coefficient (Wildman–Crippen LogP) is 4.99. The van der Waals surface area contributed by atoms with Crippen molar-refractivity contribution in [3.05, 3.63) is 93.5 Å². The van der Waals surface area contributed by atoms with Gasteiger partial charge < -0.3 is 4.74 Å². The van der Waals surface area contributed by atoms with Gasteiger partial charge in [-0.3, -0.25) is 25.8 Å². The molecule has 1 amide bonds. The monoisotopic (exact) mass is 429 g/mol. The Morgan fingerprint density at radius 2 is 1.55 bits per heavy atom. The van der Waals surface area contributed by atoms with Gasteiger partial charge in [0.2, 0.25) is 0 Å². The van der Waals surface area contributed by atoms with E-state index in [1.165, 1.54) is 0 Å². The molecule has 0 fully saturated rings. The molecule has 0 saturated carbocycles. The number of alkyl halides is 3. The van der Waals surface area contributed by atoms with Crippen LogP contribution in [0.3, 0.4) is 0 Å². The van der Waals surface area contributed by atoms with E-state index in [9.17, 15) is 28.1 Å². The molecule has 10 heteroatoms. The molecule has 2 N–H and O–H groups in total. The van der Waals surface area contributed by atoms with Gasteiger partial charge in [0.15, 0.2) is 0 Å². The number of carbonyl (C=O) groups is 1. The number of benzene rings is 3. The topological polar surface area (TPSA) is 93.5 Å². The second-order valence-corrected chi connectivity index (χ2v) is 6.71. The molecule has 0 spiro atoms. The Morgan fingerprint density at radius 1 is 0.968 bits per heavy atom. The molecule has 0 aliphatic carbocycles. The molecule has 0 bridgehead atoms. The van der Waals surface area contributed by atoms with E-state index < -0.39 is 34.2 Å². The smallest absolute Gasteiger partial charge is 0.416 e. The second kappa shape index (κ2) is 7.63. The molecular weight excluding hydrogens is 415 g/mol. The van der Waals surface area contributed by atoms with Crippen LogP contribution in [0, 0.1) is 10.1 Å². The van der Waals surface area contributed by atoms with E-state index >= 15 is 0 Å². The number of ether oxygens (including phenoxy) is 1. The minimum absolute atomic E-state index is 0.278. The van der Waals surface area contributed by atoms with Crippen LogP contribution >= 0.6 is 0 Å². The van der Waals surface area contributed by atoms with Crippen molar-refractivity contribution in [2.45, 2.75) is 12.1 Å². The van der Waals surface area contributed by atoms with Gasteiger partial charge in [0.1, 0.15) is 17.2 Å². The molecule has 158 valence electrons. The summed E-state index contributed by atoms with van der Waals surface area (Å²) in [6.07, 6.45) is -4.73. The summed E-state index contributed by atoms with van der Waals surface area (Å²) in [6, 6.07) is 15.8. The van der Waals surface area contributed by atoms with Crippen LogP contribution in [-0.2, 0) is 11.0 Å². The fraction of sp³-hybridized carbons (Fsp3) is 0.0952. The molecule has 7 nitrogen and oxygen atoms in total. The molecule has 4 rings (SSSR count). The van der Waals surface area contributed by atoms with Crippen molar-refractivity contribution >= 4 is 17.3 Å². The van der Waals surface area contributed by atoms with Crippen molar-refractivity contribution in [1.82, 2.24) is 5.43 Å². The molecule has 0 unspecified atom stereocenters. The van der Waals surface area contributed by atoms with Crippen molar-refractivity contribution in [1.29, 1.82) is 0 Å². The number of halogens is 3. The number of hydrogen-bond acceptors (Lipinski definition) is 5. The fourth-order valence-electron chi connectivity index (χ4n) is 3.36. The molecule has 31 heavy (non-hydrogen) atoms. The summed E-state index contributed by atoms with van der Waals surface area (Å²) in [7, 11) is 0. The lowest BCUT2D eigenvalue weighted by atomic mass is 9.87. The first-order chi connectivity index (χ1) is 14.8. The highest BCUT2D eigenvalue weighted by molar-refractivity contribution is 5.90. The largest absolute Gasteiger partial charge is 0.457 e. The number of amides is 1. The van der Waals surface area contributed by atoms with Crippen molar-refractivity contribution < 1.29 is 27.6 Å². The second-order valence-electron chi connectivity index (χ2n) is 6.71. The third-order valence-corrected chi connectivity index (χ3v) is 4.78. The predicted molar refractivity (Wildman–Crippen MR) is 105 cm³/mol. The SMILES string of the molecule is O=C(NNc1ccc(C(F)(F)F)cc1[N+](=O)[O-])C1c2ccccc2Oc2ccccc21. The van der Waals surface area contributed by atoms with Gasteiger partial charge >= 0.3 is 6.18 Å². The van der Waals surface area contributed by atoms with E-state index in [1.807, 2.05) is 0 Å². The van der Waals surface area contributed by atoms with Crippen LogP contribution in [0.1, 0.15) is 22.6 Å². The molecule has 0 atom stereocenters. The first-order valence-corrected chi connectivity index (χ1v) is 9.03. The van der Waals surface area contributed by atoms with E-state index in [4.69, 9.17) is 4.74 Å². The van der Waals surface area contributed by atoms with Crippen molar-refractivity contribution in [2.75, 3.05) is 5.43 Å². The number of nitrogens with one attached hydrogen (secondary N) is 2. The molecule has 1 aliphatic rings. The lowest BCUT2D eigenvalue weighted by Crippen LogP contribution is -2.35. The van der Waals surface area contributed by atoms with Crippen LogP contribution in [0.2, 0.25) is 0 Å². The van der Waals surface area contributed by atoms with Gasteiger partial charge in [0.05, 0.1) is 16.4 Å². The molecule has 1 aliphatic heterocycles. The van der Waals surface area contributed by atoms with E-state index in [1.54, 1.807) is 48.5 Å². The summed E-state index contributed by atoms with van der Waals surface area (Å²) in [5.41, 5.74) is 3.67. The lowest BCUT2D eigenvalue weighted by Gasteiger charge is -2.27. The van der Waals surface area contributed by atoms with Gasteiger partial charge in [-0.1, -0.05) is 36.4 Å². The zero-order chi connectivity index (χ0) is 22.2. The summed E-state index contributed by atoms with van der Waals surface area (Å²) < 4.78 is 44.5. The number of hydrazine groups is 1.